The molecular formula is C23H23N5O2. The molecule has 6 rings (SSSR count). The average Bonchev–Trinajstić information content (AvgIpc) is 3.38. The van der Waals surface area contributed by atoms with Crippen LogP contribution < -0.4 is 5.56 Å². The van der Waals surface area contributed by atoms with E-state index in [1.54, 1.807) is 12.3 Å². The monoisotopic (exact) mass is 401 g/mol. The van der Waals surface area contributed by atoms with Crippen molar-refractivity contribution in [2.24, 2.45) is 5.92 Å². The Bertz CT molecular complexity index is 1200. The van der Waals surface area contributed by atoms with Crippen LogP contribution in [-0.4, -0.2) is 43.6 Å². The van der Waals surface area contributed by atoms with Crippen LogP contribution in [0.25, 0.3) is 11.3 Å². The van der Waals surface area contributed by atoms with E-state index in [1.807, 2.05) is 27.7 Å². The molecule has 0 aromatic carbocycles. The van der Waals surface area contributed by atoms with Crippen molar-refractivity contribution in [3.63, 3.8) is 0 Å². The number of hydrogen-bond acceptors (Lipinski definition) is 4. The first-order valence-corrected chi connectivity index (χ1v) is 10.7. The molecule has 30 heavy (non-hydrogen) atoms. The first-order chi connectivity index (χ1) is 14.7. The van der Waals surface area contributed by atoms with Gasteiger partial charge in [-0.05, 0) is 49.8 Å². The lowest BCUT2D eigenvalue weighted by Gasteiger charge is -2.42. The molecule has 0 radical (unpaired) electrons. The maximum atomic E-state index is 13.3. The van der Waals surface area contributed by atoms with Gasteiger partial charge in [-0.3, -0.25) is 19.7 Å². The molecule has 3 aromatic heterocycles. The molecule has 1 aliphatic carbocycles. The van der Waals surface area contributed by atoms with Crippen molar-refractivity contribution in [2.75, 3.05) is 13.1 Å². The maximum absolute atomic E-state index is 13.3. The van der Waals surface area contributed by atoms with E-state index in [2.05, 4.69) is 21.2 Å². The van der Waals surface area contributed by atoms with Crippen LogP contribution >= 0.6 is 0 Å². The summed E-state index contributed by atoms with van der Waals surface area (Å²) in [6.07, 6.45) is 5.74. The van der Waals surface area contributed by atoms with Gasteiger partial charge in [-0.15, -0.1) is 0 Å². The van der Waals surface area contributed by atoms with Gasteiger partial charge in [0.2, 0.25) is 0 Å². The smallest absolute Gasteiger partial charge is 0.274 e. The summed E-state index contributed by atoms with van der Waals surface area (Å²) in [7, 11) is 0. The molecule has 3 aromatic rings. The first kappa shape index (κ1) is 17.6. The van der Waals surface area contributed by atoms with Crippen LogP contribution in [0.5, 0.6) is 0 Å². The Morgan fingerprint density at radius 2 is 2.07 bits per heavy atom. The summed E-state index contributed by atoms with van der Waals surface area (Å²) in [5, 5.41) is 7.39. The fourth-order valence-electron chi connectivity index (χ4n) is 5.45. The van der Waals surface area contributed by atoms with Gasteiger partial charge in [0, 0.05) is 60.3 Å². The number of amides is 1. The minimum atomic E-state index is 0.0211. The highest BCUT2D eigenvalue weighted by atomic mass is 16.2. The molecule has 0 unspecified atom stereocenters. The Morgan fingerprint density at radius 1 is 1.13 bits per heavy atom. The highest BCUT2D eigenvalue weighted by molar-refractivity contribution is 5.94. The zero-order valence-electron chi connectivity index (χ0n) is 16.7. The number of nitrogens with zero attached hydrogens (tertiary/aromatic N) is 4. The third-order valence-electron chi connectivity index (χ3n) is 6.81. The quantitative estimate of drug-likeness (QED) is 0.715. The topological polar surface area (TPSA) is 83.9 Å². The summed E-state index contributed by atoms with van der Waals surface area (Å²) in [5.74, 6) is 0.483. The van der Waals surface area contributed by atoms with Crippen LogP contribution in [0.1, 0.15) is 46.2 Å². The molecule has 2 bridgehead atoms. The largest absolute Gasteiger partial charge is 0.336 e. The number of H-pyrrole nitrogens is 1. The van der Waals surface area contributed by atoms with Gasteiger partial charge in [-0.25, -0.2) is 0 Å². The van der Waals surface area contributed by atoms with Crippen molar-refractivity contribution in [3.8, 4) is 11.3 Å². The third-order valence-corrected chi connectivity index (χ3v) is 6.81. The number of aromatic amines is 1. The Kier molecular flexibility index (Phi) is 3.91. The summed E-state index contributed by atoms with van der Waals surface area (Å²) in [6.45, 7) is 1.97. The normalized spacial score (nSPS) is 21.9. The number of hydrogen-bond donors (Lipinski definition) is 1. The average molecular weight is 401 g/mol. The second-order valence-electron chi connectivity index (χ2n) is 8.72. The lowest BCUT2D eigenvalue weighted by Crippen LogP contribution is -2.49. The van der Waals surface area contributed by atoms with Gasteiger partial charge in [0.25, 0.3) is 11.5 Å². The van der Waals surface area contributed by atoms with Crippen molar-refractivity contribution >= 4 is 5.91 Å². The Hall–Kier alpha value is -3.22. The van der Waals surface area contributed by atoms with Crippen molar-refractivity contribution in [1.82, 2.24) is 24.6 Å². The second-order valence-corrected chi connectivity index (χ2v) is 8.72. The summed E-state index contributed by atoms with van der Waals surface area (Å²) >= 11 is 0. The zero-order valence-corrected chi connectivity index (χ0v) is 16.7. The molecule has 2 aliphatic heterocycles. The van der Waals surface area contributed by atoms with Crippen molar-refractivity contribution < 1.29 is 4.79 Å². The molecule has 1 saturated heterocycles. The molecule has 5 heterocycles. The van der Waals surface area contributed by atoms with Gasteiger partial charge in [0.15, 0.2) is 5.69 Å². The van der Waals surface area contributed by atoms with Crippen LogP contribution in [0, 0.1) is 5.92 Å². The number of rotatable bonds is 2. The molecule has 2 atom stereocenters. The Labute approximate surface area is 173 Å². The van der Waals surface area contributed by atoms with Crippen LogP contribution in [0.2, 0.25) is 0 Å². The number of nitrogens with one attached hydrogen (secondary N) is 1. The fraction of sp³-hybridized carbons (Fsp3) is 0.391. The van der Waals surface area contributed by atoms with Crippen molar-refractivity contribution in [1.29, 1.82) is 0 Å². The minimum absolute atomic E-state index is 0.0211. The number of carbonyl (C=O) groups excluding carboxylic acids is 1. The minimum Gasteiger partial charge on any atom is -0.336 e. The summed E-state index contributed by atoms with van der Waals surface area (Å²) < 4.78 is 1.90. The summed E-state index contributed by atoms with van der Waals surface area (Å²) in [6, 6.07) is 9.49. The summed E-state index contributed by atoms with van der Waals surface area (Å²) in [4.78, 5) is 32.5. The van der Waals surface area contributed by atoms with Gasteiger partial charge >= 0.3 is 0 Å². The van der Waals surface area contributed by atoms with E-state index < -0.39 is 0 Å². The van der Waals surface area contributed by atoms with Gasteiger partial charge in [-0.1, -0.05) is 6.07 Å². The highest BCUT2D eigenvalue weighted by Crippen LogP contribution is 2.37. The Balaban J connectivity index is 1.34. The molecule has 7 nitrogen and oxygen atoms in total. The molecule has 3 aliphatic rings. The standard InChI is InChI=1S/C23H23N5O2/c29-21-10-15(18-5-1-2-7-24-18)9-20-16-8-14(12-28(20)21)11-27(13-16)23(30)22-17-4-3-6-19(17)25-26-22/h1-2,5,7,9-10,14,16H,3-4,6,8,11-13H2,(H,25,26)/t14-,16+/m0/s1. The van der Waals surface area contributed by atoms with Crippen LogP contribution in [0.3, 0.4) is 0 Å². The van der Waals surface area contributed by atoms with Gasteiger partial charge in [0.1, 0.15) is 0 Å². The van der Waals surface area contributed by atoms with Gasteiger partial charge in [-0.2, -0.15) is 5.10 Å². The predicted molar refractivity (Wildman–Crippen MR) is 111 cm³/mol. The zero-order chi connectivity index (χ0) is 20.2. The number of pyridine rings is 2. The molecule has 1 N–H and O–H groups in total. The number of likely N-dealkylation sites (tertiary alicyclic amines) is 1. The van der Waals surface area contributed by atoms with E-state index >= 15 is 0 Å². The SMILES string of the molecule is O=C(c1n[nH]c2c1CCC2)N1C[C@@H]2C[C@H](C1)c1cc(-c3ccccn3)cc(=O)n1C2. The number of aromatic nitrogens is 4. The maximum Gasteiger partial charge on any atom is 0.274 e. The fourth-order valence-corrected chi connectivity index (χ4v) is 5.45. The number of carbonyl (C=O) groups is 1. The molecule has 152 valence electrons. The van der Waals surface area contributed by atoms with E-state index in [1.165, 1.54) is 0 Å². The van der Waals surface area contributed by atoms with Gasteiger partial charge < -0.3 is 9.47 Å². The third kappa shape index (κ3) is 2.72. The van der Waals surface area contributed by atoms with Crippen LogP contribution in [-0.2, 0) is 19.4 Å². The van der Waals surface area contributed by atoms with Crippen LogP contribution in [0.4, 0.5) is 0 Å². The van der Waals surface area contributed by atoms with Crippen molar-refractivity contribution in [2.45, 2.75) is 38.1 Å². The van der Waals surface area contributed by atoms with E-state index in [0.29, 0.717) is 31.2 Å². The molecule has 1 fully saturated rings. The molecule has 1 amide bonds. The number of piperidine rings is 1. The first-order valence-electron chi connectivity index (χ1n) is 10.7. The van der Waals surface area contributed by atoms with Gasteiger partial charge in [0.05, 0.1) is 5.69 Å². The lowest BCUT2D eigenvalue weighted by molar-refractivity contribution is 0.0588. The second kappa shape index (κ2) is 6.65. The molecule has 7 heteroatoms. The molecule has 0 spiro atoms. The van der Waals surface area contributed by atoms with E-state index in [4.69, 9.17) is 0 Å². The van der Waals surface area contributed by atoms with Crippen molar-refractivity contribution in [3.05, 3.63) is 69.5 Å². The number of fused-ring (bicyclic) bond motifs is 5. The highest BCUT2D eigenvalue weighted by Gasteiger charge is 2.38. The molecular weight excluding hydrogens is 378 g/mol. The lowest BCUT2D eigenvalue weighted by atomic mass is 9.82. The van der Waals surface area contributed by atoms with Crippen LogP contribution in [0.15, 0.2) is 41.3 Å². The molecule has 0 saturated carbocycles. The van der Waals surface area contributed by atoms with E-state index in [9.17, 15) is 9.59 Å². The predicted octanol–water partition coefficient (Wildman–Crippen LogP) is 2.38. The van der Waals surface area contributed by atoms with E-state index in [0.717, 1.165) is 53.9 Å². The Morgan fingerprint density at radius 3 is 2.93 bits per heavy atom. The van der Waals surface area contributed by atoms with E-state index in [-0.39, 0.29) is 17.4 Å². The number of aryl methyl sites for hydroxylation is 1. The summed E-state index contributed by atoms with van der Waals surface area (Å²) in [5.41, 5.74) is 5.51.